The van der Waals surface area contributed by atoms with Gasteiger partial charge in [-0.25, -0.2) is 4.79 Å². The first-order chi connectivity index (χ1) is 22.1. The van der Waals surface area contributed by atoms with Crippen molar-refractivity contribution in [3.05, 3.63) is 22.4 Å². The fourth-order valence-electron chi connectivity index (χ4n) is 6.95. The van der Waals surface area contributed by atoms with Crippen molar-refractivity contribution in [2.45, 2.75) is 123 Å². The number of hydrogen-bond acceptors (Lipinski definition) is 7. The van der Waals surface area contributed by atoms with E-state index in [1.165, 1.54) is 4.90 Å². The maximum Gasteiger partial charge on any atom is 0.316 e. The number of ketones is 1. The summed E-state index contributed by atoms with van der Waals surface area (Å²) in [6, 6.07) is -1.64. The van der Waals surface area contributed by atoms with Gasteiger partial charge in [0.2, 0.25) is 23.5 Å². The standard InChI is InChI=1S/C34H52N6O6S/c1-20(2)23-11-15-40(25(23)29(43)37-24(17-21-9-10-21)26(41)28(35)42)30(44)27(33(3,4)5)38-32(46)39-34(13-7-6-8-14-34)31(45)36-18-22-12-16-47-19-22/h12,16,19-21,23-25,27H,6-11,13-15,17-18H2,1-5H3,(H2,35,42)(H,36,45)(H,37,43)(H2,38,39,46)/t23-,24?,25+,27-/m1/s1. The van der Waals surface area contributed by atoms with Crippen LogP contribution in [0.2, 0.25) is 0 Å². The Kier molecular flexibility index (Phi) is 11.7. The summed E-state index contributed by atoms with van der Waals surface area (Å²) >= 11 is 1.55. The van der Waals surface area contributed by atoms with E-state index in [4.69, 9.17) is 5.73 Å². The molecule has 260 valence electrons. The molecular weight excluding hydrogens is 620 g/mol. The first kappa shape index (κ1) is 36.4. The van der Waals surface area contributed by atoms with Crippen LogP contribution in [0.25, 0.3) is 0 Å². The van der Waals surface area contributed by atoms with Gasteiger partial charge in [-0.05, 0) is 71.2 Å². The van der Waals surface area contributed by atoms with E-state index in [1.807, 2.05) is 51.4 Å². The molecule has 0 bridgehead atoms. The second-order valence-corrected chi connectivity index (χ2v) is 15.8. The Hall–Kier alpha value is -3.48. The van der Waals surface area contributed by atoms with Crippen LogP contribution >= 0.6 is 11.3 Å². The quantitative estimate of drug-likeness (QED) is 0.201. The average molecular weight is 673 g/mol. The van der Waals surface area contributed by atoms with E-state index in [0.717, 1.165) is 37.7 Å². The number of primary amides is 1. The predicted octanol–water partition coefficient (Wildman–Crippen LogP) is 2.99. The van der Waals surface area contributed by atoms with Crippen LogP contribution in [-0.2, 0) is 30.5 Å². The molecule has 2 saturated carbocycles. The number of likely N-dealkylation sites (tertiary alicyclic amines) is 1. The number of nitrogens with one attached hydrogen (secondary N) is 4. The van der Waals surface area contributed by atoms with Gasteiger partial charge in [-0.1, -0.05) is 66.7 Å². The van der Waals surface area contributed by atoms with Gasteiger partial charge >= 0.3 is 6.03 Å². The smallest absolute Gasteiger partial charge is 0.316 e. The number of Topliss-reactive ketones (excluding diaryl/α,β-unsaturated/α-hetero) is 1. The average Bonchev–Trinajstić information content (AvgIpc) is 3.47. The lowest BCUT2D eigenvalue weighted by molar-refractivity contribution is -0.144. The molecule has 0 spiro atoms. The van der Waals surface area contributed by atoms with Crippen LogP contribution < -0.4 is 27.0 Å². The third kappa shape index (κ3) is 9.11. The number of carbonyl (C=O) groups excluding carboxylic acids is 6. The fourth-order valence-corrected chi connectivity index (χ4v) is 7.62. The molecule has 1 aromatic rings. The van der Waals surface area contributed by atoms with E-state index >= 15 is 0 Å². The number of nitrogens with two attached hydrogens (primary N) is 1. The van der Waals surface area contributed by atoms with Crippen LogP contribution in [0.15, 0.2) is 16.8 Å². The summed E-state index contributed by atoms with van der Waals surface area (Å²) in [6.07, 6.45) is 6.24. The van der Waals surface area contributed by atoms with Crippen LogP contribution in [0, 0.1) is 23.2 Å². The largest absolute Gasteiger partial charge is 0.363 e. The van der Waals surface area contributed by atoms with E-state index < -0.39 is 58.6 Å². The molecule has 4 rings (SSSR count). The summed E-state index contributed by atoms with van der Waals surface area (Å²) < 4.78 is 0. The highest BCUT2D eigenvalue weighted by Crippen LogP contribution is 2.36. The van der Waals surface area contributed by atoms with Gasteiger partial charge in [-0.2, -0.15) is 11.3 Å². The van der Waals surface area contributed by atoms with Crippen molar-refractivity contribution in [3.8, 4) is 0 Å². The van der Waals surface area contributed by atoms with Crippen LogP contribution in [0.3, 0.4) is 0 Å². The number of rotatable bonds is 13. The molecular formula is C34H52N6O6S. The molecule has 3 aliphatic rings. The van der Waals surface area contributed by atoms with Crippen molar-refractivity contribution < 1.29 is 28.8 Å². The van der Waals surface area contributed by atoms with Gasteiger partial charge in [0.05, 0.1) is 6.04 Å². The Morgan fingerprint density at radius 3 is 2.26 bits per heavy atom. The molecule has 2 aliphatic carbocycles. The minimum absolute atomic E-state index is 0.0420. The molecule has 0 radical (unpaired) electrons. The molecule has 13 heteroatoms. The maximum atomic E-state index is 14.4. The zero-order valence-electron chi connectivity index (χ0n) is 28.4. The molecule has 1 unspecified atom stereocenters. The maximum absolute atomic E-state index is 14.4. The van der Waals surface area contributed by atoms with Gasteiger partial charge in [0.15, 0.2) is 0 Å². The summed E-state index contributed by atoms with van der Waals surface area (Å²) in [5.41, 5.74) is 4.44. The van der Waals surface area contributed by atoms with Crippen molar-refractivity contribution in [3.63, 3.8) is 0 Å². The van der Waals surface area contributed by atoms with Crippen molar-refractivity contribution in [1.29, 1.82) is 0 Å². The second-order valence-electron chi connectivity index (χ2n) is 15.0. The molecule has 1 aliphatic heterocycles. The van der Waals surface area contributed by atoms with Gasteiger partial charge in [0.1, 0.15) is 17.6 Å². The number of thiophene rings is 1. The molecule has 6 amide bonds. The van der Waals surface area contributed by atoms with E-state index in [-0.39, 0.29) is 23.7 Å². The van der Waals surface area contributed by atoms with Crippen LogP contribution in [0.5, 0.6) is 0 Å². The highest BCUT2D eigenvalue weighted by Gasteiger charge is 2.49. The van der Waals surface area contributed by atoms with Crippen molar-refractivity contribution >= 4 is 46.8 Å². The first-order valence-corrected chi connectivity index (χ1v) is 17.9. The Bertz CT molecular complexity index is 1310. The highest BCUT2D eigenvalue weighted by atomic mass is 32.1. The number of amides is 6. The van der Waals surface area contributed by atoms with Gasteiger partial charge in [0, 0.05) is 13.1 Å². The lowest BCUT2D eigenvalue weighted by atomic mass is 9.80. The molecule has 6 N–H and O–H groups in total. The van der Waals surface area contributed by atoms with Crippen LogP contribution in [-0.4, -0.2) is 70.6 Å². The van der Waals surface area contributed by atoms with E-state index in [0.29, 0.717) is 38.8 Å². The summed E-state index contributed by atoms with van der Waals surface area (Å²) in [7, 11) is 0. The third-order valence-electron chi connectivity index (χ3n) is 9.91. The van der Waals surface area contributed by atoms with Gasteiger partial charge in [-0.15, -0.1) is 0 Å². The zero-order chi connectivity index (χ0) is 34.5. The Morgan fingerprint density at radius 2 is 1.70 bits per heavy atom. The van der Waals surface area contributed by atoms with E-state index in [2.05, 4.69) is 21.3 Å². The molecule has 3 fully saturated rings. The Morgan fingerprint density at radius 1 is 1.02 bits per heavy atom. The highest BCUT2D eigenvalue weighted by molar-refractivity contribution is 7.07. The fraction of sp³-hybridized carbons (Fsp3) is 0.706. The summed E-state index contributed by atoms with van der Waals surface area (Å²) in [6.45, 7) is 10.1. The summed E-state index contributed by atoms with van der Waals surface area (Å²) in [4.78, 5) is 81.3. The molecule has 2 heterocycles. The number of urea groups is 1. The molecule has 4 atom stereocenters. The number of carbonyl (C=O) groups is 6. The summed E-state index contributed by atoms with van der Waals surface area (Å²) in [5, 5.41) is 15.5. The topological polar surface area (TPSA) is 180 Å². The van der Waals surface area contributed by atoms with Crippen molar-refractivity contribution in [2.24, 2.45) is 28.9 Å². The van der Waals surface area contributed by atoms with Gasteiger partial charge in [0.25, 0.3) is 5.91 Å². The normalized spacial score (nSPS) is 22.2. The lowest BCUT2D eigenvalue weighted by Gasteiger charge is -2.39. The molecule has 1 aromatic heterocycles. The van der Waals surface area contributed by atoms with Crippen molar-refractivity contribution in [2.75, 3.05) is 6.54 Å². The lowest BCUT2D eigenvalue weighted by Crippen LogP contribution is -2.65. The first-order valence-electron chi connectivity index (χ1n) is 17.0. The monoisotopic (exact) mass is 672 g/mol. The second kappa shape index (κ2) is 15.2. The number of nitrogens with zero attached hydrogens (tertiary/aromatic N) is 1. The van der Waals surface area contributed by atoms with Crippen LogP contribution in [0.4, 0.5) is 4.79 Å². The Balaban J connectivity index is 1.52. The van der Waals surface area contributed by atoms with E-state index in [9.17, 15) is 28.8 Å². The Labute approximate surface area is 281 Å². The molecule has 1 saturated heterocycles. The zero-order valence-corrected chi connectivity index (χ0v) is 29.2. The van der Waals surface area contributed by atoms with Gasteiger partial charge in [-0.3, -0.25) is 24.0 Å². The van der Waals surface area contributed by atoms with E-state index in [1.54, 1.807) is 11.3 Å². The molecule has 12 nitrogen and oxygen atoms in total. The number of hydrogen-bond donors (Lipinski definition) is 5. The minimum atomic E-state index is -1.10. The van der Waals surface area contributed by atoms with Crippen molar-refractivity contribution in [1.82, 2.24) is 26.2 Å². The van der Waals surface area contributed by atoms with Crippen LogP contribution in [0.1, 0.15) is 98.0 Å². The summed E-state index contributed by atoms with van der Waals surface area (Å²) in [5.74, 6) is -3.04. The third-order valence-corrected chi connectivity index (χ3v) is 10.6. The SMILES string of the molecule is CC(C)[C@H]1CCN(C(=O)[C@@H](NC(=O)NC2(C(=O)NCc3ccsc3)CCCCC2)C(C)(C)C)[C@@H]1C(=O)NC(CC1CC1)C(=O)C(N)=O. The minimum Gasteiger partial charge on any atom is -0.363 e. The van der Waals surface area contributed by atoms with Gasteiger partial charge < -0.3 is 31.9 Å². The molecule has 0 aromatic carbocycles. The molecule has 47 heavy (non-hydrogen) atoms. The predicted molar refractivity (Wildman–Crippen MR) is 179 cm³/mol.